The zero-order chi connectivity index (χ0) is 15.0. The molecule has 0 aliphatic carbocycles. The summed E-state index contributed by atoms with van der Waals surface area (Å²) in [7, 11) is 1.62. The summed E-state index contributed by atoms with van der Waals surface area (Å²) < 4.78 is 5.54. The SMILES string of the molecule is CC(CCOc1ccccc1)C(=O)N(C)CCC(=O)O. The first-order valence-corrected chi connectivity index (χ1v) is 6.65. The Hall–Kier alpha value is -2.04. The van der Waals surface area contributed by atoms with Crippen LogP contribution in [0.4, 0.5) is 0 Å². The van der Waals surface area contributed by atoms with Crippen LogP contribution >= 0.6 is 0 Å². The number of carbonyl (C=O) groups excluding carboxylic acids is 1. The first-order chi connectivity index (χ1) is 9.50. The van der Waals surface area contributed by atoms with Gasteiger partial charge in [0.1, 0.15) is 5.75 Å². The molecule has 0 radical (unpaired) electrons. The van der Waals surface area contributed by atoms with Crippen molar-refractivity contribution in [3.8, 4) is 5.75 Å². The minimum Gasteiger partial charge on any atom is -0.494 e. The summed E-state index contributed by atoms with van der Waals surface area (Å²) in [6.45, 7) is 2.52. The molecule has 0 fully saturated rings. The van der Waals surface area contributed by atoms with Crippen LogP contribution in [0.15, 0.2) is 30.3 Å². The summed E-state index contributed by atoms with van der Waals surface area (Å²) in [5, 5.41) is 8.59. The molecule has 0 heterocycles. The molecule has 0 aliphatic heterocycles. The van der Waals surface area contributed by atoms with Gasteiger partial charge in [-0.15, -0.1) is 0 Å². The summed E-state index contributed by atoms with van der Waals surface area (Å²) in [6, 6.07) is 9.43. The minimum atomic E-state index is -0.898. The van der Waals surface area contributed by atoms with Crippen LogP contribution in [0.1, 0.15) is 19.8 Å². The fraction of sp³-hybridized carbons (Fsp3) is 0.467. The Morgan fingerprint density at radius 3 is 2.55 bits per heavy atom. The van der Waals surface area contributed by atoms with Gasteiger partial charge in [-0.3, -0.25) is 9.59 Å². The number of hydrogen-bond acceptors (Lipinski definition) is 3. The first kappa shape index (κ1) is 16.0. The molecule has 5 nitrogen and oxygen atoms in total. The van der Waals surface area contributed by atoms with Gasteiger partial charge in [-0.1, -0.05) is 25.1 Å². The summed E-state index contributed by atoms with van der Waals surface area (Å²) in [5.41, 5.74) is 0. The van der Waals surface area contributed by atoms with Gasteiger partial charge in [-0.2, -0.15) is 0 Å². The van der Waals surface area contributed by atoms with Crippen LogP contribution in [-0.2, 0) is 9.59 Å². The molecule has 1 aromatic rings. The Labute approximate surface area is 119 Å². The van der Waals surface area contributed by atoms with Crippen molar-refractivity contribution in [3.05, 3.63) is 30.3 Å². The molecular formula is C15H21NO4. The molecule has 1 rings (SSSR count). The molecular weight excluding hydrogens is 258 g/mol. The monoisotopic (exact) mass is 279 g/mol. The van der Waals surface area contributed by atoms with Crippen LogP contribution in [0, 0.1) is 5.92 Å². The van der Waals surface area contributed by atoms with Crippen LogP contribution in [-0.4, -0.2) is 42.1 Å². The number of carboxylic acid groups (broad SMARTS) is 1. The number of ether oxygens (including phenoxy) is 1. The molecule has 1 N–H and O–H groups in total. The summed E-state index contributed by atoms with van der Waals surface area (Å²) in [6.07, 6.45) is 0.570. The van der Waals surface area contributed by atoms with Crippen molar-refractivity contribution in [2.75, 3.05) is 20.2 Å². The van der Waals surface area contributed by atoms with Crippen LogP contribution < -0.4 is 4.74 Å². The second-order valence-electron chi connectivity index (χ2n) is 4.75. The number of aliphatic carboxylic acids is 1. The van der Waals surface area contributed by atoms with Gasteiger partial charge in [0.15, 0.2) is 0 Å². The van der Waals surface area contributed by atoms with Gasteiger partial charge in [-0.25, -0.2) is 0 Å². The number of nitrogens with zero attached hydrogens (tertiary/aromatic N) is 1. The van der Waals surface area contributed by atoms with Crippen molar-refractivity contribution in [1.29, 1.82) is 0 Å². The molecule has 1 atom stereocenters. The summed E-state index contributed by atoms with van der Waals surface area (Å²) in [4.78, 5) is 23.9. The average molecular weight is 279 g/mol. The van der Waals surface area contributed by atoms with E-state index in [0.29, 0.717) is 13.0 Å². The van der Waals surface area contributed by atoms with E-state index in [1.54, 1.807) is 7.05 Å². The van der Waals surface area contributed by atoms with Gasteiger partial charge >= 0.3 is 5.97 Å². The van der Waals surface area contributed by atoms with Crippen LogP contribution in [0.25, 0.3) is 0 Å². The number of amides is 1. The number of para-hydroxylation sites is 1. The third kappa shape index (κ3) is 5.73. The van der Waals surface area contributed by atoms with Crippen molar-refractivity contribution < 1.29 is 19.4 Å². The number of hydrogen-bond donors (Lipinski definition) is 1. The highest BCUT2D eigenvalue weighted by atomic mass is 16.5. The van der Waals surface area contributed by atoms with Crippen molar-refractivity contribution in [3.63, 3.8) is 0 Å². The third-order valence-electron chi connectivity index (χ3n) is 3.02. The van der Waals surface area contributed by atoms with E-state index < -0.39 is 5.97 Å². The van der Waals surface area contributed by atoms with E-state index in [1.165, 1.54) is 4.90 Å². The van der Waals surface area contributed by atoms with Crippen molar-refractivity contribution in [2.24, 2.45) is 5.92 Å². The van der Waals surface area contributed by atoms with Gasteiger partial charge in [0.2, 0.25) is 5.91 Å². The Morgan fingerprint density at radius 2 is 1.95 bits per heavy atom. The van der Waals surface area contributed by atoms with E-state index in [-0.39, 0.29) is 24.8 Å². The molecule has 0 spiro atoms. The Kier molecular flexibility index (Phi) is 6.56. The molecule has 0 saturated carbocycles. The van der Waals surface area contributed by atoms with Crippen LogP contribution in [0.3, 0.4) is 0 Å². The van der Waals surface area contributed by atoms with E-state index in [1.807, 2.05) is 37.3 Å². The average Bonchev–Trinajstić information content (AvgIpc) is 2.44. The highest BCUT2D eigenvalue weighted by Gasteiger charge is 2.17. The zero-order valence-electron chi connectivity index (χ0n) is 11.9. The van der Waals surface area contributed by atoms with Gasteiger partial charge in [-0.05, 0) is 18.6 Å². The maximum absolute atomic E-state index is 12.0. The summed E-state index contributed by atoms with van der Waals surface area (Å²) in [5.74, 6) is -0.350. The predicted octanol–water partition coefficient (Wildman–Crippen LogP) is 2.02. The second-order valence-corrected chi connectivity index (χ2v) is 4.75. The molecule has 0 aromatic heterocycles. The fourth-order valence-electron chi connectivity index (χ4n) is 1.74. The number of carboxylic acids is 1. The molecule has 20 heavy (non-hydrogen) atoms. The van der Waals surface area contributed by atoms with E-state index in [4.69, 9.17) is 9.84 Å². The quantitative estimate of drug-likeness (QED) is 0.790. The maximum Gasteiger partial charge on any atom is 0.305 e. The fourth-order valence-corrected chi connectivity index (χ4v) is 1.74. The highest BCUT2D eigenvalue weighted by Crippen LogP contribution is 2.11. The highest BCUT2D eigenvalue weighted by molar-refractivity contribution is 5.78. The van der Waals surface area contributed by atoms with Crippen molar-refractivity contribution in [2.45, 2.75) is 19.8 Å². The smallest absolute Gasteiger partial charge is 0.305 e. The molecule has 1 unspecified atom stereocenters. The lowest BCUT2D eigenvalue weighted by Gasteiger charge is -2.20. The summed E-state index contributed by atoms with van der Waals surface area (Å²) >= 11 is 0. The standard InChI is InChI=1S/C15H21NO4/c1-12(15(19)16(2)10-8-14(17)18)9-11-20-13-6-4-3-5-7-13/h3-7,12H,8-11H2,1-2H3,(H,17,18). The van der Waals surface area contributed by atoms with Gasteiger partial charge < -0.3 is 14.7 Å². The lowest BCUT2D eigenvalue weighted by Crippen LogP contribution is -2.34. The normalized spacial score (nSPS) is 11.7. The van der Waals surface area contributed by atoms with Gasteiger partial charge in [0.25, 0.3) is 0 Å². The molecule has 110 valence electrons. The van der Waals surface area contributed by atoms with E-state index in [9.17, 15) is 9.59 Å². The Morgan fingerprint density at radius 1 is 1.30 bits per heavy atom. The third-order valence-corrected chi connectivity index (χ3v) is 3.02. The molecule has 1 aromatic carbocycles. The largest absolute Gasteiger partial charge is 0.494 e. The molecule has 0 aliphatic rings. The van der Waals surface area contributed by atoms with Crippen LogP contribution in [0.5, 0.6) is 5.75 Å². The molecule has 5 heteroatoms. The maximum atomic E-state index is 12.0. The van der Waals surface area contributed by atoms with Crippen molar-refractivity contribution >= 4 is 11.9 Å². The lowest BCUT2D eigenvalue weighted by molar-refractivity contribution is -0.139. The van der Waals surface area contributed by atoms with Crippen LogP contribution in [0.2, 0.25) is 0 Å². The molecule has 1 amide bonds. The van der Waals surface area contributed by atoms with E-state index >= 15 is 0 Å². The number of rotatable bonds is 8. The second kappa shape index (κ2) is 8.19. The first-order valence-electron chi connectivity index (χ1n) is 6.65. The van der Waals surface area contributed by atoms with Crippen molar-refractivity contribution in [1.82, 2.24) is 4.90 Å². The zero-order valence-corrected chi connectivity index (χ0v) is 11.9. The van der Waals surface area contributed by atoms with Gasteiger partial charge in [0, 0.05) is 19.5 Å². The predicted molar refractivity (Wildman–Crippen MR) is 75.6 cm³/mol. The minimum absolute atomic E-state index is 0.0323. The lowest BCUT2D eigenvalue weighted by atomic mass is 10.1. The number of benzene rings is 1. The molecule has 0 saturated heterocycles. The van der Waals surface area contributed by atoms with Gasteiger partial charge in [0.05, 0.1) is 13.0 Å². The Balaban J connectivity index is 2.29. The van der Waals surface area contributed by atoms with E-state index in [0.717, 1.165) is 5.75 Å². The molecule has 0 bridgehead atoms. The number of carbonyl (C=O) groups is 2. The topological polar surface area (TPSA) is 66.8 Å². The Bertz CT molecular complexity index is 433. The van der Waals surface area contributed by atoms with E-state index in [2.05, 4.69) is 0 Å².